The van der Waals surface area contributed by atoms with Crippen molar-refractivity contribution in [3.05, 3.63) is 0 Å². The van der Waals surface area contributed by atoms with Crippen LogP contribution in [0.4, 0.5) is 0 Å². The molecule has 1 amide bonds. The first kappa shape index (κ1) is 13.2. The molecular weight excluding hydrogens is 202 g/mol. The highest BCUT2D eigenvalue weighted by Gasteiger charge is 2.24. The summed E-state index contributed by atoms with van der Waals surface area (Å²) >= 11 is 0. The van der Waals surface area contributed by atoms with Crippen molar-refractivity contribution in [2.45, 2.75) is 46.5 Å². The summed E-state index contributed by atoms with van der Waals surface area (Å²) in [4.78, 5) is 23.1. The summed E-state index contributed by atoms with van der Waals surface area (Å²) in [6, 6.07) is 0. The first-order valence-electron chi connectivity index (χ1n) is 6.31. The van der Waals surface area contributed by atoms with E-state index in [0.29, 0.717) is 0 Å². The maximum Gasteiger partial charge on any atom is 0.223 e. The molecule has 0 bridgehead atoms. The van der Waals surface area contributed by atoms with Gasteiger partial charge in [0.1, 0.15) is 0 Å². The number of Topliss-reactive ketones (excluding diaryl/α,β-unsaturated/α-hetero) is 1. The van der Waals surface area contributed by atoms with Gasteiger partial charge in [0.2, 0.25) is 5.91 Å². The molecule has 0 aromatic rings. The minimum Gasteiger partial charge on any atom is -0.349 e. The molecule has 0 spiro atoms. The van der Waals surface area contributed by atoms with Crippen LogP contribution in [0.1, 0.15) is 46.5 Å². The number of ketones is 1. The van der Waals surface area contributed by atoms with Crippen LogP contribution in [0.25, 0.3) is 0 Å². The molecule has 0 atom stereocenters. The van der Waals surface area contributed by atoms with Gasteiger partial charge in [-0.1, -0.05) is 20.8 Å². The zero-order valence-electron chi connectivity index (χ0n) is 10.6. The number of amides is 1. The van der Waals surface area contributed by atoms with Gasteiger partial charge >= 0.3 is 0 Å². The second-order valence-electron chi connectivity index (χ2n) is 5.30. The van der Waals surface area contributed by atoms with Gasteiger partial charge in [0.15, 0.2) is 5.78 Å². The van der Waals surface area contributed by atoms with E-state index in [0.717, 1.165) is 31.6 Å². The van der Waals surface area contributed by atoms with Gasteiger partial charge in [-0.05, 0) is 31.6 Å². The van der Waals surface area contributed by atoms with Gasteiger partial charge < -0.3 is 5.32 Å². The molecule has 0 radical (unpaired) electrons. The van der Waals surface area contributed by atoms with Crippen LogP contribution in [-0.4, -0.2) is 18.2 Å². The lowest BCUT2D eigenvalue weighted by molar-refractivity contribution is -0.129. The van der Waals surface area contributed by atoms with Crippen molar-refractivity contribution < 1.29 is 9.59 Å². The Labute approximate surface area is 98.0 Å². The van der Waals surface area contributed by atoms with E-state index in [1.165, 1.54) is 0 Å². The molecule has 92 valence electrons. The molecule has 1 aliphatic rings. The van der Waals surface area contributed by atoms with Gasteiger partial charge in [-0.3, -0.25) is 9.59 Å². The van der Waals surface area contributed by atoms with E-state index in [1.54, 1.807) is 0 Å². The normalized spacial score (nSPS) is 25.5. The SMILES string of the molecule is CC1CCC(C(=O)NCC(=O)C(C)C)CC1. The van der Waals surface area contributed by atoms with Crippen molar-refractivity contribution in [3.8, 4) is 0 Å². The fourth-order valence-electron chi connectivity index (χ4n) is 2.04. The van der Waals surface area contributed by atoms with E-state index >= 15 is 0 Å². The number of hydrogen-bond acceptors (Lipinski definition) is 2. The molecule has 0 heterocycles. The highest BCUT2D eigenvalue weighted by atomic mass is 16.2. The van der Waals surface area contributed by atoms with Crippen LogP contribution in [0.3, 0.4) is 0 Å². The molecule has 0 saturated heterocycles. The molecular formula is C13H23NO2. The van der Waals surface area contributed by atoms with E-state index in [1.807, 2.05) is 13.8 Å². The van der Waals surface area contributed by atoms with E-state index in [9.17, 15) is 9.59 Å². The summed E-state index contributed by atoms with van der Waals surface area (Å²) in [6.07, 6.45) is 4.22. The Morgan fingerprint density at radius 3 is 2.25 bits per heavy atom. The fourth-order valence-corrected chi connectivity index (χ4v) is 2.04. The number of rotatable bonds is 4. The standard InChI is InChI=1S/C13H23NO2/c1-9(2)12(15)8-14-13(16)11-6-4-10(3)5-7-11/h9-11H,4-8H2,1-3H3,(H,14,16). The van der Waals surface area contributed by atoms with Crippen LogP contribution >= 0.6 is 0 Å². The molecule has 1 fully saturated rings. The summed E-state index contributed by atoms with van der Waals surface area (Å²) in [6.45, 7) is 6.15. The van der Waals surface area contributed by atoms with E-state index in [4.69, 9.17) is 0 Å². The smallest absolute Gasteiger partial charge is 0.223 e. The molecule has 16 heavy (non-hydrogen) atoms. The zero-order valence-corrected chi connectivity index (χ0v) is 10.6. The third kappa shape index (κ3) is 3.95. The third-order valence-electron chi connectivity index (χ3n) is 3.47. The number of carbonyl (C=O) groups excluding carboxylic acids is 2. The lowest BCUT2D eigenvalue weighted by atomic mass is 9.82. The number of hydrogen-bond donors (Lipinski definition) is 1. The van der Waals surface area contributed by atoms with Gasteiger partial charge in [0, 0.05) is 11.8 Å². The fraction of sp³-hybridized carbons (Fsp3) is 0.846. The third-order valence-corrected chi connectivity index (χ3v) is 3.47. The van der Waals surface area contributed by atoms with E-state index < -0.39 is 0 Å². The molecule has 0 unspecified atom stereocenters. The summed E-state index contributed by atoms with van der Waals surface area (Å²) in [5.41, 5.74) is 0. The maximum atomic E-state index is 11.8. The number of carbonyl (C=O) groups is 2. The predicted octanol–water partition coefficient (Wildman–Crippen LogP) is 2.15. The van der Waals surface area contributed by atoms with E-state index in [2.05, 4.69) is 12.2 Å². The van der Waals surface area contributed by atoms with Crippen LogP contribution in [0.5, 0.6) is 0 Å². The molecule has 1 saturated carbocycles. The van der Waals surface area contributed by atoms with Crippen LogP contribution in [0, 0.1) is 17.8 Å². The summed E-state index contributed by atoms with van der Waals surface area (Å²) in [5.74, 6) is 1.07. The van der Waals surface area contributed by atoms with Gasteiger partial charge in [-0.15, -0.1) is 0 Å². The Morgan fingerprint density at radius 1 is 1.19 bits per heavy atom. The summed E-state index contributed by atoms with van der Waals surface area (Å²) < 4.78 is 0. The van der Waals surface area contributed by atoms with Crippen LogP contribution in [0.2, 0.25) is 0 Å². The van der Waals surface area contributed by atoms with Gasteiger partial charge in [0.25, 0.3) is 0 Å². The summed E-state index contributed by atoms with van der Waals surface area (Å²) in [7, 11) is 0. The van der Waals surface area contributed by atoms with Gasteiger partial charge in [-0.25, -0.2) is 0 Å². The Morgan fingerprint density at radius 2 is 1.75 bits per heavy atom. The zero-order chi connectivity index (χ0) is 12.1. The van der Waals surface area contributed by atoms with Gasteiger partial charge in [0.05, 0.1) is 6.54 Å². The second-order valence-corrected chi connectivity index (χ2v) is 5.30. The monoisotopic (exact) mass is 225 g/mol. The predicted molar refractivity (Wildman–Crippen MR) is 64.0 cm³/mol. The minimum atomic E-state index is 0.00618. The highest BCUT2D eigenvalue weighted by molar-refractivity contribution is 5.87. The van der Waals surface area contributed by atoms with E-state index in [-0.39, 0.29) is 30.1 Å². The van der Waals surface area contributed by atoms with Crippen molar-refractivity contribution in [1.82, 2.24) is 5.32 Å². The number of nitrogens with one attached hydrogen (secondary N) is 1. The minimum absolute atomic E-state index is 0.00618. The largest absolute Gasteiger partial charge is 0.349 e. The average molecular weight is 225 g/mol. The van der Waals surface area contributed by atoms with Crippen LogP contribution < -0.4 is 5.32 Å². The van der Waals surface area contributed by atoms with Crippen molar-refractivity contribution in [2.24, 2.45) is 17.8 Å². The van der Waals surface area contributed by atoms with Gasteiger partial charge in [-0.2, -0.15) is 0 Å². The Hall–Kier alpha value is -0.860. The molecule has 0 aromatic heterocycles. The maximum absolute atomic E-state index is 11.8. The second kappa shape index (κ2) is 6.02. The van der Waals surface area contributed by atoms with Crippen LogP contribution in [-0.2, 0) is 9.59 Å². The van der Waals surface area contributed by atoms with Crippen molar-refractivity contribution >= 4 is 11.7 Å². The summed E-state index contributed by atoms with van der Waals surface area (Å²) in [5, 5.41) is 2.76. The Kier molecular flexibility index (Phi) is 4.97. The lowest BCUT2D eigenvalue weighted by Crippen LogP contribution is -2.37. The first-order valence-corrected chi connectivity index (χ1v) is 6.31. The molecule has 3 nitrogen and oxygen atoms in total. The molecule has 0 aromatic carbocycles. The average Bonchev–Trinajstić information content (AvgIpc) is 2.26. The highest BCUT2D eigenvalue weighted by Crippen LogP contribution is 2.28. The van der Waals surface area contributed by atoms with Crippen molar-refractivity contribution in [2.75, 3.05) is 6.54 Å². The Bertz CT molecular complexity index is 253. The molecule has 0 aliphatic heterocycles. The van der Waals surface area contributed by atoms with Crippen molar-refractivity contribution in [3.63, 3.8) is 0 Å². The quantitative estimate of drug-likeness (QED) is 0.797. The lowest BCUT2D eigenvalue weighted by Gasteiger charge is -2.25. The molecule has 1 N–H and O–H groups in total. The van der Waals surface area contributed by atoms with Crippen molar-refractivity contribution in [1.29, 1.82) is 0 Å². The molecule has 1 aliphatic carbocycles. The topological polar surface area (TPSA) is 46.2 Å². The Balaban J connectivity index is 2.27. The van der Waals surface area contributed by atoms with Crippen LogP contribution in [0.15, 0.2) is 0 Å². The molecule has 1 rings (SSSR count). The first-order chi connectivity index (χ1) is 7.50. The molecule has 3 heteroatoms.